The van der Waals surface area contributed by atoms with E-state index in [4.69, 9.17) is 11.6 Å². The van der Waals surface area contributed by atoms with E-state index in [0.717, 1.165) is 5.56 Å². The molecule has 1 atom stereocenters. The minimum atomic E-state index is -1.12. The van der Waals surface area contributed by atoms with Gasteiger partial charge in [-0.15, -0.1) is 0 Å². The summed E-state index contributed by atoms with van der Waals surface area (Å²) in [6, 6.07) is 13.3. The quantitative estimate of drug-likeness (QED) is 0.891. The SMILES string of the molecule is CC(O)(Cc1cccc(Cl)c1)c1cccc(F)c1. The van der Waals surface area contributed by atoms with Crippen molar-refractivity contribution >= 4 is 11.6 Å². The van der Waals surface area contributed by atoms with Gasteiger partial charge in [0.25, 0.3) is 0 Å². The van der Waals surface area contributed by atoms with Crippen molar-refractivity contribution in [2.45, 2.75) is 18.9 Å². The van der Waals surface area contributed by atoms with Gasteiger partial charge in [0, 0.05) is 11.4 Å². The summed E-state index contributed by atoms with van der Waals surface area (Å²) in [6.07, 6.45) is 0.386. The second kappa shape index (κ2) is 5.09. The largest absolute Gasteiger partial charge is 0.385 e. The Bertz CT molecular complexity index is 552. The number of rotatable bonds is 3. The predicted octanol–water partition coefficient (Wildman–Crippen LogP) is 3.93. The molecule has 0 bridgehead atoms. The fourth-order valence-electron chi connectivity index (χ4n) is 1.97. The highest BCUT2D eigenvalue weighted by atomic mass is 35.5. The molecular weight excluding hydrogens is 251 g/mol. The number of hydrogen-bond donors (Lipinski definition) is 1. The molecular formula is C15H14ClFO. The van der Waals surface area contributed by atoms with E-state index in [9.17, 15) is 9.50 Å². The lowest BCUT2D eigenvalue weighted by Gasteiger charge is -2.24. The molecule has 2 aromatic carbocycles. The summed E-state index contributed by atoms with van der Waals surface area (Å²) >= 11 is 5.90. The van der Waals surface area contributed by atoms with Crippen LogP contribution in [0.5, 0.6) is 0 Å². The minimum Gasteiger partial charge on any atom is -0.385 e. The molecule has 0 aliphatic carbocycles. The Labute approximate surface area is 111 Å². The first-order chi connectivity index (χ1) is 8.47. The topological polar surface area (TPSA) is 20.2 Å². The third-order valence-corrected chi connectivity index (χ3v) is 3.12. The smallest absolute Gasteiger partial charge is 0.123 e. The zero-order valence-electron chi connectivity index (χ0n) is 10.0. The maximum absolute atomic E-state index is 13.2. The van der Waals surface area contributed by atoms with Crippen molar-refractivity contribution in [3.05, 3.63) is 70.5 Å². The second-order valence-electron chi connectivity index (χ2n) is 4.59. The number of halogens is 2. The predicted molar refractivity (Wildman–Crippen MR) is 71.1 cm³/mol. The summed E-state index contributed by atoms with van der Waals surface area (Å²) in [5, 5.41) is 11.1. The van der Waals surface area contributed by atoms with E-state index in [2.05, 4.69) is 0 Å². The van der Waals surface area contributed by atoms with Gasteiger partial charge in [0.1, 0.15) is 5.82 Å². The first-order valence-corrected chi connectivity index (χ1v) is 6.08. The molecule has 18 heavy (non-hydrogen) atoms. The molecule has 94 valence electrons. The minimum absolute atomic E-state index is 0.348. The van der Waals surface area contributed by atoms with Crippen molar-refractivity contribution in [1.29, 1.82) is 0 Å². The van der Waals surface area contributed by atoms with E-state index < -0.39 is 5.60 Å². The molecule has 0 heterocycles. The molecule has 1 unspecified atom stereocenters. The third kappa shape index (κ3) is 3.09. The van der Waals surface area contributed by atoms with Crippen molar-refractivity contribution in [3.63, 3.8) is 0 Å². The highest BCUT2D eigenvalue weighted by Crippen LogP contribution is 2.26. The Morgan fingerprint density at radius 2 is 1.89 bits per heavy atom. The van der Waals surface area contributed by atoms with Crippen LogP contribution < -0.4 is 0 Å². The monoisotopic (exact) mass is 264 g/mol. The Hall–Kier alpha value is -1.38. The number of hydrogen-bond acceptors (Lipinski definition) is 1. The first-order valence-electron chi connectivity index (χ1n) is 5.70. The molecule has 0 amide bonds. The van der Waals surface area contributed by atoms with Crippen LogP contribution in [0.15, 0.2) is 48.5 Å². The van der Waals surface area contributed by atoms with E-state index >= 15 is 0 Å². The summed E-state index contributed by atoms with van der Waals surface area (Å²) in [5.41, 5.74) is 0.353. The van der Waals surface area contributed by atoms with Crippen molar-refractivity contribution in [2.24, 2.45) is 0 Å². The number of aliphatic hydroxyl groups is 1. The standard InChI is InChI=1S/C15H14ClFO/c1-15(18,12-5-3-7-14(17)9-12)10-11-4-2-6-13(16)8-11/h2-9,18H,10H2,1H3. The van der Waals surface area contributed by atoms with Gasteiger partial charge in [-0.05, 0) is 42.3 Å². The molecule has 0 aromatic heterocycles. The average Bonchev–Trinajstić information content (AvgIpc) is 2.28. The molecule has 3 heteroatoms. The van der Waals surface area contributed by atoms with E-state index in [-0.39, 0.29) is 5.82 Å². The molecule has 0 aliphatic rings. The highest BCUT2D eigenvalue weighted by molar-refractivity contribution is 6.30. The molecule has 0 radical (unpaired) electrons. The summed E-state index contributed by atoms with van der Waals surface area (Å²) < 4.78 is 13.2. The van der Waals surface area contributed by atoms with Crippen LogP contribution in [0.1, 0.15) is 18.1 Å². The number of benzene rings is 2. The van der Waals surface area contributed by atoms with Crippen molar-refractivity contribution in [3.8, 4) is 0 Å². The van der Waals surface area contributed by atoms with E-state index in [1.165, 1.54) is 12.1 Å². The van der Waals surface area contributed by atoms with Crippen LogP contribution in [0.2, 0.25) is 5.02 Å². The van der Waals surface area contributed by atoms with Gasteiger partial charge in [-0.1, -0.05) is 35.9 Å². The molecule has 1 nitrogen and oxygen atoms in total. The van der Waals surface area contributed by atoms with Crippen LogP contribution in [0.25, 0.3) is 0 Å². The molecule has 0 spiro atoms. The van der Waals surface area contributed by atoms with Crippen molar-refractivity contribution < 1.29 is 9.50 Å². The summed E-state index contributed by atoms with van der Waals surface area (Å²) in [6.45, 7) is 1.67. The zero-order chi connectivity index (χ0) is 13.2. The van der Waals surface area contributed by atoms with E-state index in [1.54, 1.807) is 31.2 Å². The second-order valence-corrected chi connectivity index (χ2v) is 5.03. The lowest BCUT2D eigenvalue weighted by Crippen LogP contribution is -2.24. The fraction of sp³-hybridized carbons (Fsp3) is 0.200. The molecule has 0 fully saturated rings. The summed E-state index contributed by atoms with van der Waals surface area (Å²) in [4.78, 5) is 0. The highest BCUT2D eigenvalue weighted by Gasteiger charge is 2.23. The van der Waals surface area contributed by atoms with Crippen molar-refractivity contribution in [2.75, 3.05) is 0 Å². The van der Waals surface area contributed by atoms with Crippen LogP contribution >= 0.6 is 11.6 Å². The van der Waals surface area contributed by atoms with Crippen LogP contribution in [0, 0.1) is 5.82 Å². The zero-order valence-corrected chi connectivity index (χ0v) is 10.8. The van der Waals surface area contributed by atoms with Gasteiger partial charge >= 0.3 is 0 Å². The summed E-state index contributed by atoms with van der Waals surface area (Å²) in [7, 11) is 0. The Balaban J connectivity index is 2.26. The molecule has 0 saturated heterocycles. The van der Waals surface area contributed by atoms with Gasteiger partial charge in [0.2, 0.25) is 0 Å². The van der Waals surface area contributed by atoms with Gasteiger partial charge in [0.15, 0.2) is 0 Å². The van der Waals surface area contributed by atoms with Crippen LogP contribution in [0.3, 0.4) is 0 Å². The Morgan fingerprint density at radius 3 is 2.56 bits per heavy atom. The van der Waals surface area contributed by atoms with Gasteiger partial charge in [-0.2, -0.15) is 0 Å². The average molecular weight is 265 g/mol. The van der Waals surface area contributed by atoms with Crippen LogP contribution in [-0.2, 0) is 12.0 Å². The van der Waals surface area contributed by atoms with Crippen molar-refractivity contribution in [1.82, 2.24) is 0 Å². The van der Waals surface area contributed by atoms with Crippen LogP contribution in [0.4, 0.5) is 4.39 Å². The molecule has 0 aliphatic heterocycles. The van der Waals surface area contributed by atoms with Gasteiger partial charge in [-0.25, -0.2) is 4.39 Å². The molecule has 2 rings (SSSR count). The Kier molecular flexibility index (Phi) is 3.69. The maximum Gasteiger partial charge on any atom is 0.123 e. The first kappa shape index (κ1) is 13.1. The van der Waals surface area contributed by atoms with Gasteiger partial charge in [-0.3, -0.25) is 0 Å². The lowest BCUT2D eigenvalue weighted by atomic mass is 9.89. The fourth-order valence-corrected chi connectivity index (χ4v) is 2.18. The van der Waals surface area contributed by atoms with Gasteiger partial charge < -0.3 is 5.11 Å². The van der Waals surface area contributed by atoms with E-state index in [0.29, 0.717) is 17.0 Å². The molecule has 1 N–H and O–H groups in total. The maximum atomic E-state index is 13.2. The Morgan fingerprint density at radius 1 is 1.17 bits per heavy atom. The van der Waals surface area contributed by atoms with Crippen LogP contribution in [-0.4, -0.2) is 5.11 Å². The normalized spacial score (nSPS) is 14.2. The van der Waals surface area contributed by atoms with Gasteiger partial charge in [0.05, 0.1) is 5.60 Å². The lowest BCUT2D eigenvalue weighted by molar-refractivity contribution is 0.0573. The van der Waals surface area contributed by atoms with E-state index in [1.807, 2.05) is 12.1 Å². The molecule has 2 aromatic rings. The summed E-state index contributed by atoms with van der Waals surface area (Å²) in [5.74, 6) is -0.348. The third-order valence-electron chi connectivity index (χ3n) is 2.88. The molecule has 0 saturated carbocycles.